The molecule has 0 radical (unpaired) electrons. The molecule has 1 saturated carbocycles. The van der Waals surface area contributed by atoms with Gasteiger partial charge in [0.1, 0.15) is 17.3 Å². The molecule has 0 unspecified atom stereocenters. The van der Waals surface area contributed by atoms with Crippen molar-refractivity contribution >= 4 is 18.0 Å². The Morgan fingerprint density at radius 2 is 2.08 bits per heavy atom. The van der Waals surface area contributed by atoms with Gasteiger partial charge in [-0.05, 0) is 56.0 Å². The van der Waals surface area contributed by atoms with Crippen molar-refractivity contribution in [1.29, 1.82) is 0 Å². The summed E-state index contributed by atoms with van der Waals surface area (Å²) in [6.45, 7) is 1.63. The topological polar surface area (TPSA) is 68.5 Å². The summed E-state index contributed by atoms with van der Waals surface area (Å²) >= 11 is 0. The number of ether oxygens (including phenoxy) is 1. The summed E-state index contributed by atoms with van der Waals surface area (Å²) in [5.74, 6) is -0.0639. The van der Waals surface area contributed by atoms with Crippen LogP contribution in [0.15, 0.2) is 46.9 Å². The Morgan fingerprint density at radius 1 is 1.31 bits per heavy atom. The third-order valence-corrected chi connectivity index (χ3v) is 4.21. The first-order valence-corrected chi connectivity index (χ1v) is 8.52. The fraction of sp³-hybridized carbons (Fsp3) is 0.300. The molecule has 1 amide bonds. The number of hydrogen-bond donors (Lipinski definition) is 1. The summed E-state index contributed by atoms with van der Waals surface area (Å²) in [6.07, 6.45) is 4.84. The van der Waals surface area contributed by atoms with Gasteiger partial charge >= 0.3 is 5.97 Å². The summed E-state index contributed by atoms with van der Waals surface area (Å²) in [6, 6.07) is 9.61. The van der Waals surface area contributed by atoms with Crippen LogP contribution in [0, 0.1) is 11.7 Å². The van der Waals surface area contributed by atoms with Crippen LogP contribution in [0.2, 0.25) is 0 Å². The van der Waals surface area contributed by atoms with Crippen LogP contribution >= 0.6 is 0 Å². The molecule has 0 spiro atoms. The second kappa shape index (κ2) is 7.99. The van der Waals surface area contributed by atoms with E-state index in [0.717, 1.165) is 12.8 Å². The molecule has 0 saturated heterocycles. The van der Waals surface area contributed by atoms with Crippen LogP contribution in [0.3, 0.4) is 0 Å². The number of hydrogen-bond acceptors (Lipinski definition) is 4. The molecule has 0 aliphatic heterocycles. The van der Waals surface area contributed by atoms with E-state index in [-0.39, 0.29) is 24.4 Å². The summed E-state index contributed by atoms with van der Waals surface area (Å²) < 4.78 is 24.1. The molecule has 26 heavy (non-hydrogen) atoms. The lowest BCUT2D eigenvalue weighted by atomic mass is 10.1. The van der Waals surface area contributed by atoms with E-state index in [1.807, 2.05) is 6.92 Å². The molecule has 6 heteroatoms. The maximum atomic E-state index is 13.7. The summed E-state index contributed by atoms with van der Waals surface area (Å²) in [7, 11) is 0. The lowest BCUT2D eigenvalue weighted by Gasteiger charge is -2.12. The van der Waals surface area contributed by atoms with Crippen molar-refractivity contribution in [2.75, 3.05) is 6.61 Å². The van der Waals surface area contributed by atoms with Crippen LogP contribution < -0.4 is 5.32 Å². The van der Waals surface area contributed by atoms with Crippen LogP contribution in [0.25, 0.3) is 17.4 Å². The number of benzene rings is 1. The molecule has 1 aromatic carbocycles. The maximum absolute atomic E-state index is 13.7. The third kappa shape index (κ3) is 4.81. The lowest BCUT2D eigenvalue weighted by Crippen LogP contribution is -2.36. The van der Waals surface area contributed by atoms with Gasteiger partial charge in [0, 0.05) is 12.1 Å². The number of carbonyl (C=O) groups excluding carboxylic acids is 2. The third-order valence-electron chi connectivity index (χ3n) is 4.21. The molecule has 1 N–H and O–H groups in total. The van der Waals surface area contributed by atoms with E-state index >= 15 is 0 Å². The zero-order valence-corrected chi connectivity index (χ0v) is 14.4. The van der Waals surface area contributed by atoms with Crippen LogP contribution in [-0.4, -0.2) is 24.5 Å². The second-order valence-corrected chi connectivity index (χ2v) is 6.32. The SMILES string of the molecule is C[C@@H](NC(=O)COC(=O)/C=C/c1ccc(-c2ccccc2F)o1)C1CC1. The van der Waals surface area contributed by atoms with Gasteiger partial charge < -0.3 is 14.5 Å². The van der Waals surface area contributed by atoms with E-state index in [9.17, 15) is 14.0 Å². The number of halogens is 1. The lowest BCUT2D eigenvalue weighted by molar-refractivity contribution is -0.144. The minimum absolute atomic E-state index is 0.108. The summed E-state index contributed by atoms with van der Waals surface area (Å²) in [4.78, 5) is 23.4. The predicted molar refractivity (Wildman–Crippen MR) is 94.4 cm³/mol. The Balaban J connectivity index is 1.49. The van der Waals surface area contributed by atoms with Crippen molar-refractivity contribution in [2.24, 2.45) is 5.92 Å². The molecule has 1 heterocycles. The fourth-order valence-corrected chi connectivity index (χ4v) is 2.59. The van der Waals surface area contributed by atoms with E-state index < -0.39 is 5.97 Å². The highest BCUT2D eigenvalue weighted by Crippen LogP contribution is 2.32. The predicted octanol–water partition coefficient (Wildman–Crippen LogP) is 3.56. The average molecular weight is 357 g/mol. The summed E-state index contributed by atoms with van der Waals surface area (Å²) in [5, 5.41) is 2.80. The Bertz CT molecular complexity index is 823. The zero-order valence-electron chi connectivity index (χ0n) is 14.4. The number of esters is 1. The Kier molecular flexibility index (Phi) is 5.51. The highest BCUT2D eigenvalue weighted by atomic mass is 19.1. The minimum Gasteiger partial charge on any atom is -0.457 e. The fourth-order valence-electron chi connectivity index (χ4n) is 2.59. The van der Waals surface area contributed by atoms with Gasteiger partial charge in [0.2, 0.25) is 0 Å². The van der Waals surface area contributed by atoms with Crippen LogP contribution in [0.5, 0.6) is 0 Å². The normalized spacial score (nSPS) is 15.0. The van der Waals surface area contributed by atoms with Crippen molar-refractivity contribution in [1.82, 2.24) is 5.32 Å². The van der Waals surface area contributed by atoms with Gasteiger partial charge in [-0.15, -0.1) is 0 Å². The molecule has 1 fully saturated rings. The standard InChI is InChI=1S/C20H20FNO4/c1-13(14-6-7-14)22-19(23)12-25-20(24)11-9-15-8-10-18(26-15)16-4-2-3-5-17(16)21/h2-5,8-11,13-14H,6-7,12H2,1H3,(H,22,23)/b11-9+/t13-/m1/s1. The number of furan rings is 1. The van der Waals surface area contributed by atoms with Gasteiger partial charge in [-0.2, -0.15) is 0 Å². The van der Waals surface area contributed by atoms with Crippen LogP contribution in [-0.2, 0) is 14.3 Å². The van der Waals surface area contributed by atoms with Gasteiger partial charge in [0.05, 0.1) is 5.56 Å². The molecule has 2 aromatic rings. The van der Waals surface area contributed by atoms with Crippen LogP contribution in [0.4, 0.5) is 4.39 Å². The number of rotatable bonds is 7. The van der Waals surface area contributed by atoms with E-state index in [2.05, 4.69) is 5.32 Å². The van der Waals surface area contributed by atoms with Crippen molar-refractivity contribution in [3.63, 3.8) is 0 Å². The molecular weight excluding hydrogens is 337 g/mol. The Hall–Kier alpha value is -2.89. The van der Waals surface area contributed by atoms with E-state index in [1.165, 1.54) is 18.2 Å². The quantitative estimate of drug-likeness (QED) is 0.608. The van der Waals surface area contributed by atoms with Gasteiger partial charge in [0.15, 0.2) is 6.61 Å². The smallest absolute Gasteiger partial charge is 0.331 e. The van der Waals surface area contributed by atoms with Crippen molar-refractivity contribution < 1.29 is 23.1 Å². The number of carbonyl (C=O) groups is 2. The molecule has 1 aliphatic carbocycles. The second-order valence-electron chi connectivity index (χ2n) is 6.32. The molecule has 1 aromatic heterocycles. The maximum Gasteiger partial charge on any atom is 0.331 e. The number of nitrogens with one attached hydrogen (secondary N) is 1. The van der Waals surface area contributed by atoms with Gasteiger partial charge in [0.25, 0.3) is 5.91 Å². The average Bonchev–Trinajstić information content (AvgIpc) is 3.38. The first-order chi connectivity index (χ1) is 12.5. The zero-order chi connectivity index (χ0) is 18.5. The van der Waals surface area contributed by atoms with Crippen molar-refractivity contribution in [3.8, 4) is 11.3 Å². The molecule has 136 valence electrons. The molecule has 5 nitrogen and oxygen atoms in total. The van der Waals surface area contributed by atoms with E-state index in [4.69, 9.17) is 9.15 Å². The molecule has 0 bridgehead atoms. The first-order valence-electron chi connectivity index (χ1n) is 8.52. The minimum atomic E-state index is -0.650. The first kappa shape index (κ1) is 17.9. The highest BCUT2D eigenvalue weighted by molar-refractivity contribution is 5.89. The van der Waals surface area contributed by atoms with E-state index in [1.54, 1.807) is 30.3 Å². The van der Waals surface area contributed by atoms with Gasteiger partial charge in [-0.1, -0.05) is 12.1 Å². The molecule has 3 rings (SSSR count). The molecule has 1 atom stereocenters. The van der Waals surface area contributed by atoms with E-state index in [0.29, 0.717) is 23.0 Å². The molecule has 1 aliphatic rings. The van der Waals surface area contributed by atoms with Crippen LogP contribution in [0.1, 0.15) is 25.5 Å². The van der Waals surface area contributed by atoms with Crippen molar-refractivity contribution in [2.45, 2.75) is 25.8 Å². The number of amides is 1. The highest BCUT2D eigenvalue weighted by Gasteiger charge is 2.28. The van der Waals surface area contributed by atoms with Crippen molar-refractivity contribution in [3.05, 3.63) is 54.1 Å². The largest absolute Gasteiger partial charge is 0.457 e. The Morgan fingerprint density at radius 3 is 2.81 bits per heavy atom. The molecular formula is C20H20FNO4. The Labute approximate surface area is 150 Å². The van der Waals surface area contributed by atoms with Gasteiger partial charge in [-0.25, -0.2) is 9.18 Å². The monoisotopic (exact) mass is 357 g/mol. The van der Waals surface area contributed by atoms with Gasteiger partial charge in [-0.3, -0.25) is 4.79 Å². The summed E-state index contributed by atoms with van der Waals surface area (Å²) in [5.41, 5.74) is 0.344.